The van der Waals surface area contributed by atoms with Crippen molar-refractivity contribution >= 4 is 94.3 Å². The van der Waals surface area contributed by atoms with Crippen molar-refractivity contribution in [3.63, 3.8) is 0 Å². The molecule has 0 N–H and O–H groups in total. The summed E-state index contributed by atoms with van der Waals surface area (Å²) < 4.78 is 0. The van der Waals surface area contributed by atoms with Crippen molar-refractivity contribution in [3.8, 4) is 89.0 Å². The summed E-state index contributed by atoms with van der Waals surface area (Å²) in [4.78, 5) is 7.56. The molecule has 0 spiro atoms. The van der Waals surface area contributed by atoms with Crippen LogP contribution in [0.3, 0.4) is 0 Å². The van der Waals surface area contributed by atoms with Crippen LogP contribution in [0.25, 0.3) is 132 Å². The average molecular weight is 1880 g/mol. The van der Waals surface area contributed by atoms with Crippen molar-refractivity contribution in [2.24, 2.45) is 0 Å². The molecule has 0 saturated carbocycles. The molecular formula is C145H97N3. The number of fused-ring (bicyclic) bond motifs is 14. The van der Waals surface area contributed by atoms with Gasteiger partial charge in [0.25, 0.3) is 0 Å². The van der Waals surface area contributed by atoms with Gasteiger partial charge in [-0.25, -0.2) is 0 Å². The molecule has 3 aliphatic carbocycles. The van der Waals surface area contributed by atoms with E-state index in [1.54, 1.807) is 0 Å². The fraction of sp³-hybridized carbons (Fsp3) is 0.0207. The van der Waals surface area contributed by atoms with Crippen LogP contribution in [0.1, 0.15) is 66.8 Å². The molecule has 0 aromatic heterocycles. The highest BCUT2D eigenvalue weighted by Crippen LogP contribution is 2.65. The Labute approximate surface area is 863 Å². The number of hydrogen-bond acceptors (Lipinski definition) is 3. The molecule has 0 radical (unpaired) electrons. The molecular weight excluding hydrogens is 1780 g/mol. The average Bonchev–Trinajstić information content (AvgIpc) is 1.53. The van der Waals surface area contributed by atoms with Gasteiger partial charge < -0.3 is 14.7 Å². The summed E-state index contributed by atoms with van der Waals surface area (Å²) in [5.74, 6) is 0. The molecule has 28 rings (SSSR count). The van der Waals surface area contributed by atoms with Crippen LogP contribution in [0.15, 0.2) is 588 Å². The molecule has 0 bridgehead atoms. The number of nitrogens with zero attached hydrogens (tertiary/aromatic N) is 3. The quantitative estimate of drug-likeness (QED) is 0.0704. The third kappa shape index (κ3) is 13.9. The summed E-state index contributed by atoms with van der Waals surface area (Å²) in [6.45, 7) is 0. The Morgan fingerprint density at radius 2 is 0.419 bits per heavy atom. The lowest BCUT2D eigenvalue weighted by atomic mass is 9.67. The highest BCUT2D eigenvalue weighted by Gasteiger charge is 2.51. The minimum absolute atomic E-state index is 0.611. The summed E-state index contributed by atoms with van der Waals surface area (Å²) in [7, 11) is 0. The largest absolute Gasteiger partial charge is 0.310 e. The number of hydrogen-bond donors (Lipinski definition) is 0. The topological polar surface area (TPSA) is 9.72 Å². The van der Waals surface area contributed by atoms with E-state index in [0.29, 0.717) is 0 Å². The fourth-order valence-corrected chi connectivity index (χ4v) is 25.5. The van der Waals surface area contributed by atoms with Crippen molar-refractivity contribution < 1.29 is 0 Å². The van der Waals surface area contributed by atoms with Crippen LogP contribution < -0.4 is 14.7 Å². The lowest BCUT2D eigenvalue weighted by molar-refractivity contribution is 0.768. The van der Waals surface area contributed by atoms with E-state index >= 15 is 0 Å². The number of anilines is 9. The summed E-state index contributed by atoms with van der Waals surface area (Å²) in [5, 5.41) is 9.71. The van der Waals surface area contributed by atoms with Gasteiger partial charge in [0.05, 0.1) is 33.3 Å². The summed E-state index contributed by atoms with van der Waals surface area (Å²) in [6, 6.07) is 221. The van der Waals surface area contributed by atoms with Gasteiger partial charge in [0.1, 0.15) is 0 Å². The molecule has 0 saturated heterocycles. The number of para-hydroxylation sites is 3. The van der Waals surface area contributed by atoms with E-state index in [0.717, 1.165) is 107 Å². The van der Waals surface area contributed by atoms with Crippen molar-refractivity contribution in [2.75, 3.05) is 14.7 Å². The van der Waals surface area contributed by atoms with E-state index in [9.17, 15) is 0 Å². The Morgan fingerprint density at radius 3 is 0.878 bits per heavy atom. The molecule has 692 valence electrons. The smallest absolute Gasteiger partial charge is 0.0714 e. The molecule has 3 aliphatic rings. The molecule has 3 heteroatoms. The zero-order valence-corrected chi connectivity index (χ0v) is 81.3. The van der Waals surface area contributed by atoms with Gasteiger partial charge in [-0.1, -0.05) is 473 Å². The van der Waals surface area contributed by atoms with Gasteiger partial charge in [0.15, 0.2) is 0 Å². The van der Waals surface area contributed by atoms with Crippen LogP contribution in [-0.4, -0.2) is 0 Å². The second-order valence-electron chi connectivity index (χ2n) is 39.5. The Bertz CT molecular complexity index is 9410. The van der Waals surface area contributed by atoms with E-state index in [2.05, 4.69) is 603 Å². The van der Waals surface area contributed by atoms with E-state index in [4.69, 9.17) is 0 Å². The van der Waals surface area contributed by atoms with Gasteiger partial charge in [0, 0.05) is 50.8 Å². The van der Waals surface area contributed by atoms with E-state index < -0.39 is 16.2 Å². The standard InChI is InChI=1S/C145H97N3/c1-8-47-110(48-9-1)143(111-49-10-2-11-50-111)131-70-33-30-66-127(131)141-134(143)73-39-78-139(141)148(118-59-20-7-21-60-118)121-94-107(91-109(96-121)124-69-37-45-101-42-24-26-62-122(101)124)100-83-87-115(88-84-100)145(113-53-14-4-15-54-113)133-72-35-32-68-129(133)142-136(145)75-40-77-138(142)147(117-57-18-6-19-58-117)120-93-106(90-108(95-120)103-80-79-98-41-22-23-43-102(98)89-103)99-81-85-114(86-82-99)144(112-51-12-3-13-52-112)132-71-34-31-67-128(132)140-135(144)74-38-76-137(140)146(116-55-16-5-17-56-116)119-61-36-46-104(92-119)130-97-105-44-25-27-63-123(105)125-64-28-29-65-126(125)130/h1-97H. The highest BCUT2D eigenvalue weighted by atomic mass is 15.2. The van der Waals surface area contributed by atoms with Gasteiger partial charge in [-0.3, -0.25) is 0 Å². The van der Waals surface area contributed by atoms with Crippen LogP contribution in [-0.2, 0) is 16.2 Å². The Morgan fingerprint density at radius 1 is 0.122 bits per heavy atom. The first-order valence-corrected chi connectivity index (χ1v) is 51.4. The summed E-state index contributed by atoms with van der Waals surface area (Å²) in [5.41, 5.74) is 40.4. The van der Waals surface area contributed by atoms with Crippen LogP contribution in [0.2, 0.25) is 0 Å². The minimum Gasteiger partial charge on any atom is -0.310 e. The number of rotatable bonds is 20. The van der Waals surface area contributed by atoms with Crippen LogP contribution in [0.4, 0.5) is 51.2 Å². The van der Waals surface area contributed by atoms with E-state index in [1.807, 2.05) is 0 Å². The molecule has 3 nitrogen and oxygen atoms in total. The Kier molecular flexibility index (Phi) is 21.0. The first kappa shape index (κ1) is 86.8. The molecule has 2 atom stereocenters. The monoisotopic (exact) mass is 1880 g/mol. The van der Waals surface area contributed by atoms with Gasteiger partial charge in [-0.15, -0.1) is 0 Å². The second kappa shape index (κ2) is 35.8. The lowest BCUT2D eigenvalue weighted by Crippen LogP contribution is -2.28. The number of benzene rings is 25. The maximum absolute atomic E-state index is 2.54. The molecule has 25 aromatic carbocycles. The lowest BCUT2D eigenvalue weighted by Gasteiger charge is -2.35. The van der Waals surface area contributed by atoms with Crippen LogP contribution in [0.5, 0.6) is 0 Å². The van der Waals surface area contributed by atoms with Gasteiger partial charge in [-0.2, -0.15) is 0 Å². The SMILES string of the molecule is c1ccc(N(c2cc(-c3ccc(C4(c5ccccc5)c5ccccc5-c5c(N(c6ccccc6)c6cccc(-c7cc8ccccc8c8ccccc78)c6)cccc54)cc3)cc(-c3ccc4ccccc4c3)c2)c2cccc3c2-c2ccccc2C3(c2ccccc2)c2ccc(-c3cc(-c4cccc5ccccc45)cc(N(c4ccccc4)c4cccc5c4-c4ccccc4C5(c4ccccc4)c4ccccc4)c3)cc2)cc1. The molecule has 0 heterocycles. The molecule has 25 aromatic rings. The summed E-state index contributed by atoms with van der Waals surface area (Å²) >= 11 is 0. The van der Waals surface area contributed by atoms with Crippen molar-refractivity contribution in [1.29, 1.82) is 0 Å². The van der Waals surface area contributed by atoms with E-state index in [1.165, 1.54) is 143 Å². The minimum atomic E-state index is -0.802. The van der Waals surface area contributed by atoms with E-state index in [-0.39, 0.29) is 0 Å². The third-order valence-electron chi connectivity index (χ3n) is 31.8. The Hall–Kier alpha value is -19.1. The third-order valence-corrected chi connectivity index (χ3v) is 31.8. The predicted octanol–water partition coefficient (Wildman–Crippen LogP) is 38.1. The molecule has 2 unspecified atom stereocenters. The fourth-order valence-electron chi connectivity index (χ4n) is 25.5. The molecule has 0 aliphatic heterocycles. The highest BCUT2D eigenvalue weighted by molar-refractivity contribution is 6.15. The van der Waals surface area contributed by atoms with Gasteiger partial charge >= 0.3 is 0 Å². The Balaban J connectivity index is 0.599. The molecule has 0 fully saturated rings. The zero-order valence-electron chi connectivity index (χ0n) is 81.3. The first-order chi connectivity index (χ1) is 73.4. The first-order valence-electron chi connectivity index (χ1n) is 51.4. The predicted molar refractivity (Wildman–Crippen MR) is 620 cm³/mol. The molecule has 0 amide bonds. The van der Waals surface area contributed by atoms with Crippen LogP contribution >= 0.6 is 0 Å². The van der Waals surface area contributed by atoms with Gasteiger partial charge in [0.2, 0.25) is 0 Å². The maximum atomic E-state index is 2.54. The molecule has 148 heavy (non-hydrogen) atoms. The van der Waals surface area contributed by atoms with Crippen LogP contribution in [0, 0.1) is 0 Å². The van der Waals surface area contributed by atoms with Crippen molar-refractivity contribution in [3.05, 3.63) is 655 Å². The second-order valence-corrected chi connectivity index (χ2v) is 39.5. The normalized spacial score (nSPS) is 14.3. The van der Waals surface area contributed by atoms with Gasteiger partial charge in [-0.05, 0) is 297 Å². The van der Waals surface area contributed by atoms with Crippen molar-refractivity contribution in [2.45, 2.75) is 16.2 Å². The summed E-state index contributed by atoms with van der Waals surface area (Å²) in [6.07, 6.45) is 0. The van der Waals surface area contributed by atoms with Crippen molar-refractivity contribution in [1.82, 2.24) is 0 Å². The zero-order chi connectivity index (χ0) is 97.8. The maximum Gasteiger partial charge on any atom is 0.0714 e.